The van der Waals surface area contributed by atoms with E-state index in [-0.39, 0.29) is 5.02 Å². The Bertz CT molecular complexity index is 511. The van der Waals surface area contributed by atoms with Gasteiger partial charge in [0.2, 0.25) is 0 Å². The van der Waals surface area contributed by atoms with Crippen molar-refractivity contribution in [2.75, 3.05) is 11.1 Å². The number of nitrogens with one attached hydrogen (secondary N) is 1. The summed E-state index contributed by atoms with van der Waals surface area (Å²) in [6.45, 7) is 0.587. The number of hydrogen-bond acceptors (Lipinski definition) is 2. The zero-order valence-corrected chi connectivity index (χ0v) is 9.84. The molecular weight excluding hydrogens is 239 g/mol. The van der Waals surface area contributed by atoms with Gasteiger partial charge in [-0.1, -0.05) is 17.7 Å². The van der Waals surface area contributed by atoms with Crippen LogP contribution in [0.4, 0.5) is 15.8 Å². The maximum atomic E-state index is 12.9. The molecule has 0 bridgehead atoms. The van der Waals surface area contributed by atoms with Gasteiger partial charge in [0.25, 0.3) is 0 Å². The van der Waals surface area contributed by atoms with Crippen molar-refractivity contribution in [3.8, 4) is 0 Å². The SMILES string of the molecule is Nc1ccc(NCc2ccc(F)c(Cl)c2)cc1. The third kappa shape index (κ3) is 3.11. The molecule has 0 spiro atoms. The third-order valence-electron chi connectivity index (χ3n) is 2.39. The molecule has 17 heavy (non-hydrogen) atoms. The van der Waals surface area contributed by atoms with Gasteiger partial charge in [-0.05, 0) is 42.0 Å². The number of anilines is 2. The van der Waals surface area contributed by atoms with Crippen LogP contribution >= 0.6 is 11.6 Å². The van der Waals surface area contributed by atoms with Gasteiger partial charge in [-0.25, -0.2) is 4.39 Å². The molecule has 88 valence electrons. The van der Waals surface area contributed by atoms with E-state index in [1.54, 1.807) is 12.1 Å². The average Bonchev–Trinajstić information content (AvgIpc) is 2.33. The van der Waals surface area contributed by atoms with E-state index < -0.39 is 5.82 Å². The summed E-state index contributed by atoms with van der Waals surface area (Å²) in [5.41, 5.74) is 8.19. The minimum absolute atomic E-state index is 0.140. The Morgan fingerprint density at radius 2 is 1.82 bits per heavy atom. The van der Waals surface area contributed by atoms with Crippen LogP contribution in [0.2, 0.25) is 5.02 Å². The first-order valence-electron chi connectivity index (χ1n) is 5.18. The Labute approximate surface area is 104 Å². The summed E-state index contributed by atoms with van der Waals surface area (Å²) in [6, 6.07) is 12.1. The molecular formula is C13H12ClFN2. The molecule has 4 heteroatoms. The molecule has 0 aliphatic carbocycles. The molecule has 0 heterocycles. The minimum Gasteiger partial charge on any atom is -0.399 e. The maximum Gasteiger partial charge on any atom is 0.141 e. The second-order valence-electron chi connectivity index (χ2n) is 3.72. The summed E-state index contributed by atoms with van der Waals surface area (Å²) in [6.07, 6.45) is 0. The van der Waals surface area contributed by atoms with Crippen LogP contribution in [-0.4, -0.2) is 0 Å². The summed E-state index contributed by atoms with van der Waals surface area (Å²) in [5.74, 6) is -0.400. The highest BCUT2D eigenvalue weighted by Gasteiger charge is 2.00. The summed E-state index contributed by atoms with van der Waals surface area (Å²) < 4.78 is 12.9. The molecule has 0 atom stereocenters. The van der Waals surface area contributed by atoms with E-state index in [9.17, 15) is 4.39 Å². The maximum absolute atomic E-state index is 12.9. The van der Waals surface area contributed by atoms with Crippen LogP contribution in [0.3, 0.4) is 0 Å². The van der Waals surface area contributed by atoms with Gasteiger partial charge < -0.3 is 11.1 Å². The second-order valence-corrected chi connectivity index (χ2v) is 4.13. The smallest absolute Gasteiger partial charge is 0.141 e. The van der Waals surface area contributed by atoms with Crippen molar-refractivity contribution in [3.63, 3.8) is 0 Å². The molecule has 0 saturated heterocycles. The number of nitrogens with two attached hydrogens (primary N) is 1. The quantitative estimate of drug-likeness (QED) is 0.816. The van der Waals surface area contributed by atoms with Gasteiger partial charge in [0.15, 0.2) is 0 Å². The highest BCUT2D eigenvalue weighted by atomic mass is 35.5. The first kappa shape index (κ1) is 11.7. The van der Waals surface area contributed by atoms with Crippen molar-refractivity contribution in [3.05, 3.63) is 58.9 Å². The Hall–Kier alpha value is -1.74. The zero-order valence-electron chi connectivity index (χ0n) is 9.08. The molecule has 2 nitrogen and oxygen atoms in total. The third-order valence-corrected chi connectivity index (χ3v) is 2.68. The Morgan fingerprint density at radius 3 is 2.47 bits per heavy atom. The van der Waals surface area contributed by atoms with Crippen LogP contribution in [0.25, 0.3) is 0 Å². The molecule has 2 aromatic carbocycles. The van der Waals surface area contributed by atoms with Crippen LogP contribution in [0.1, 0.15) is 5.56 Å². The minimum atomic E-state index is -0.400. The van der Waals surface area contributed by atoms with Crippen LogP contribution in [-0.2, 0) is 6.54 Å². The zero-order chi connectivity index (χ0) is 12.3. The first-order chi connectivity index (χ1) is 8.15. The van der Waals surface area contributed by atoms with E-state index in [1.165, 1.54) is 6.07 Å². The van der Waals surface area contributed by atoms with Gasteiger partial charge in [0.05, 0.1) is 5.02 Å². The molecule has 0 saturated carbocycles. The monoisotopic (exact) mass is 250 g/mol. The van der Waals surface area contributed by atoms with E-state index in [0.717, 1.165) is 16.9 Å². The fourth-order valence-corrected chi connectivity index (χ4v) is 1.66. The highest BCUT2D eigenvalue weighted by molar-refractivity contribution is 6.30. The van der Waals surface area contributed by atoms with E-state index >= 15 is 0 Å². The van der Waals surface area contributed by atoms with Crippen molar-refractivity contribution >= 4 is 23.0 Å². The largest absolute Gasteiger partial charge is 0.399 e. The van der Waals surface area contributed by atoms with E-state index in [1.807, 2.05) is 24.3 Å². The molecule has 0 unspecified atom stereocenters. The molecule has 2 rings (SSSR count). The van der Waals surface area contributed by atoms with Gasteiger partial charge >= 0.3 is 0 Å². The first-order valence-corrected chi connectivity index (χ1v) is 5.56. The standard InChI is InChI=1S/C13H12ClFN2/c14-12-7-9(1-6-13(12)15)8-17-11-4-2-10(16)3-5-11/h1-7,17H,8,16H2. The fourth-order valence-electron chi connectivity index (χ4n) is 1.45. The molecule has 0 aromatic heterocycles. The lowest BCUT2D eigenvalue weighted by Crippen LogP contribution is -1.99. The molecule has 3 N–H and O–H groups in total. The van der Waals surface area contributed by atoms with E-state index in [2.05, 4.69) is 5.32 Å². The molecule has 0 amide bonds. The lowest BCUT2D eigenvalue weighted by molar-refractivity contribution is 0.627. The van der Waals surface area contributed by atoms with Gasteiger partial charge in [-0.15, -0.1) is 0 Å². The van der Waals surface area contributed by atoms with Crippen molar-refractivity contribution in [2.45, 2.75) is 6.54 Å². The van der Waals surface area contributed by atoms with Crippen LogP contribution < -0.4 is 11.1 Å². The Morgan fingerprint density at radius 1 is 1.12 bits per heavy atom. The summed E-state index contributed by atoms with van der Waals surface area (Å²) in [4.78, 5) is 0. The Balaban J connectivity index is 2.02. The lowest BCUT2D eigenvalue weighted by atomic mass is 10.2. The second kappa shape index (κ2) is 5.06. The topological polar surface area (TPSA) is 38.0 Å². The molecule has 2 aromatic rings. The summed E-state index contributed by atoms with van der Waals surface area (Å²) >= 11 is 5.70. The predicted molar refractivity (Wildman–Crippen MR) is 69.6 cm³/mol. The normalized spacial score (nSPS) is 10.2. The predicted octanol–water partition coefficient (Wildman–Crippen LogP) is 3.67. The van der Waals surface area contributed by atoms with Crippen LogP contribution in [0.15, 0.2) is 42.5 Å². The Kier molecular flexibility index (Phi) is 3.49. The number of hydrogen-bond donors (Lipinski definition) is 2. The van der Waals surface area contributed by atoms with Gasteiger partial charge in [-0.2, -0.15) is 0 Å². The molecule has 0 aliphatic rings. The van der Waals surface area contributed by atoms with E-state index in [0.29, 0.717) is 6.54 Å². The summed E-state index contributed by atoms with van der Waals surface area (Å²) in [7, 11) is 0. The number of nitrogen functional groups attached to an aromatic ring is 1. The van der Waals surface area contributed by atoms with Crippen molar-refractivity contribution in [1.82, 2.24) is 0 Å². The number of rotatable bonds is 3. The number of benzene rings is 2. The number of halogens is 2. The van der Waals surface area contributed by atoms with Crippen molar-refractivity contribution in [2.24, 2.45) is 0 Å². The van der Waals surface area contributed by atoms with E-state index in [4.69, 9.17) is 17.3 Å². The summed E-state index contributed by atoms with van der Waals surface area (Å²) in [5, 5.41) is 3.34. The fraction of sp³-hybridized carbons (Fsp3) is 0.0769. The average molecular weight is 251 g/mol. The molecule has 0 aliphatic heterocycles. The van der Waals surface area contributed by atoms with Gasteiger partial charge in [-0.3, -0.25) is 0 Å². The molecule has 0 radical (unpaired) electrons. The molecule has 0 fully saturated rings. The van der Waals surface area contributed by atoms with Crippen molar-refractivity contribution in [1.29, 1.82) is 0 Å². The van der Waals surface area contributed by atoms with Gasteiger partial charge in [0.1, 0.15) is 5.82 Å². The van der Waals surface area contributed by atoms with Crippen LogP contribution in [0.5, 0.6) is 0 Å². The van der Waals surface area contributed by atoms with Crippen molar-refractivity contribution < 1.29 is 4.39 Å². The van der Waals surface area contributed by atoms with Crippen LogP contribution in [0, 0.1) is 5.82 Å². The highest BCUT2D eigenvalue weighted by Crippen LogP contribution is 2.17. The van der Waals surface area contributed by atoms with Gasteiger partial charge in [0, 0.05) is 17.9 Å². The lowest BCUT2D eigenvalue weighted by Gasteiger charge is -2.07.